The fourth-order valence-electron chi connectivity index (χ4n) is 2.32. The van der Waals surface area contributed by atoms with E-state index in [1.807, 2.05) is 54.6 Å². The van der Waals surface area contributed by atoms with Gasteiger partial charge in [0.15, 0.2) is 0 Å². The largest absolute Gasteiger partial charge is 0.496 e. The molecule has 1 atom stereocenters. The molecule has 0 radical (unpaired) electrons. The molecule has 0 aliphatic rings. The van der Waals surface area contributed by atoms with Gasteiger partial charge in [-0.05, 0) is 30.0 Å². The highest BCUT2D eigenvalue weighted by Gasteiger charge is 2.13. The van der Waals surface area contributed by atoms with E-state index < -0.39 is 6.04 Å². The van der Waals surface area contributed by atoms with Crippen molar-refractivity contribution in [2.45, 2.75) is 18.9 Å². The van der Waals surface area contributed by atoms with Crippen molar-refractivity contribution in [2.24, 2.45) is 5.73 Å². The van der Waals surface area contributed by atoms with E-state index >= 15 is 0 Å². The summed E-state index contributed by atoms with van der Waals surface area (Å²) < 4.78 is 5.29. The predicted octanol–water partition coefficient (Wildman–Crippen LogP) is 1.92. The molecule has 0 aliphatic carbocycles. The summed E-state index contributed by atoms with van der Waals surface area (Å²) in [7, 11) is 1.65. The quantitative estimate of drug-likeness (QED) is 0.821. The van der Waals surface area contributed by atoms with Gasteiger partial charge >= 0.3 is 0 Å². The van der Waals surface area contributed by atoms with Gasteiger partial charge in [-0.1, -0.05) is 48.5 Å². The molecular weight excluding hydrogens is 276 g/mol. The van der Waals surface area contributed by atoms with Crippen LogP contribution in [0, 0.1) is 0 Å². The van der Waals surface area contributed by atoms with Crippen LogP contribution < -0.4 is 15.8 Å². The van der Waals surface area contributed by atoms with Crippen molar-refractivity contribution < 1.29 is 9.53 Å². The molecule has 0 unspecified atom stereocenters. The van der Waals surface area contributed by atoms with Crippen molar-refractivity contribution in [3.05, 3.63) is 65.7 Å². The average Bonchev–Trinajstić information content (AvgIpc) is 2.56. The van der Waals surface area contributed by atoms with Gasteiger partial charge in [-0.25, -0.2) is 0 Å². The van der Waals surface area contributed by atoms with Gasteiger partial charge in [0.1, 0.15) is 5.75 Å². The van der Waals surface area contributed by atoms with E-state index in [0.29, 0.717) is 19.4 Å². The summed E-state index contributed by atoms with van der Waals surface area (Å²) in [4.78, 5) is 12.0. The Morgan fingerprint density at radius 3 is 2.55 bits per heavy atom. The van der Waals surface area contributed by atoms with Gasteiger partial charge in [0.2, 0.25) is 5.91 Å². The number of hydrogen-bond donors (Lipinski definition) is 2. The van der Waals surface area contributed by atoms with Crippen LogP contribution in [0.2, 0.25) is 0 Å². The van der Waals surface area contributed by atoms with E-state index in [4.69, 9.17) is 10.5 Å². The number of carbonyl (C=O) groups excluding carboxylic acids is 1. The van der Waals surface area contributed by atoms with Gasteiger partial charge in [0, 0.05) is 6.54 Å². The van der Waals surface area contributed by atoms with Crippen molar-refractivity contribution in [3.8, 4) is 5.75 Å². The van der Waals surface area contributed by atoms with Crippen LogP contribution in [0.15, 0.2) is 54.6 Å². The van der Waals surface area contributed by atoms with Crippen LogP contribution in [-0.2, 0) is 17.6 Å². The summed E-state index contributed by atoms with van der Waals surface area (Å²) in [6.07, 6.45) is 1.26. The smallest absolute Gasteiger partial charge is 0.237 e. The summed E-state index contributed by atoms with van der Waals surface area (Å²) in [6.45, 7) is 0.543. The number of hydrogen-bond acceptors (Lipinski definition) is 3. The van der Waals surface area contributed by atoms with E-state index in [0.717, 1.165) is 16.9 Å². The summed E-state index contributed by atoms with van der Waals surface area (Å²) in [5, 5.41) is 2.88. The van der Waals surface area contributed by atoms with Crippen molar-refractivity contribution in [3.63, 3.8) is 0 Å². The van der Waals surface area contributed by atoms with Gasteiger partial charge in [0.25, 0.3) is 0 Å². The van der Waals surface area contributed by atoms with E-state index in [-0.39, 0.29) is 5.91 Å². The first-order valence-electron chi connectivity index (χ1n) is 7.40. The fourth-order valence-corrected chi connectivity index (χ4v) is 2.32. The maximum atomic E-state index is 12.0. The lowest BCUT2D eigenvalue weighted by Crippen LogP contribution is -2.42. The summed E-state index contributed by atoms with van der Waals surface area (Å²) in [5.41, 5.74) is 8.08. The number of nitrogens with two attached hydrogens (primary N) is 1. The molecule has 1 amide bonds. The molecule has 2 aromatic carbocycles. The number of amides is 1. The molecule has 0 aromatic heterocycles. The van der Waals surface area contributed by atoms with Crippen LogP contribution in [0.4, 0.5) is 0 Å². The zero-order valence-corrected chi connectivity index (χ0v) is 12.8. The molecule has 0 saturated carbocycles. The number of ether oxygens (including phenoxy) is 1. The molecule has 4 heteroatoms. The van der Waals surface area contributed by atoms with E-state index in [9.17, 15) is 4.79 Å². The minimum Gasteiger partial charge on any atom is -0.496 e. The maximum Gasteiger partial charge on any atom is 0.237 e. The predicted molar refractivity (Wildman–Crippen MR) is 87.8 cm³/mol. The molecule has 2 aromatic rings. The zero-order chi connectivity index (χ0) is 15.8. The van der Waals surface area contributed by atoms with E-state index in [1.165, 1.54) is 0 Å². The molecule has 0 bridgehead atoms. The van der Waals surface area contributed by atoms with Crippen molar-refractivity contribution >= 4 is 5.91 Å². The lowest BCUT2D eigenvalue weighted by Gasteiger charge is -2.13. The van der Waals surface area contributed by atoms with Crippen LogP contribution >= 0.6 is 0 Å². The Morgan fingerprint density at radius 2 is 1.82 bits per heavy atom. The highest BCUT2D eigenvalue weighted by molar-refractivity contribution is 5.81. The first kappa shape index (κ1) is 16.0. The summed E-state index contributed by atoms with van der Waals surface area (Å²) >= 11 is 0. The highest BCUT2D eigenvalue weighted by atomic mass is 16.5. The third-order valence-corrected chi connectivity index (χ3v) is 3.52. The lowest BCUT2D eigenvalue weighted by atomic mass is 10.1. The number of benzene rings is 2. The van der Waals surface area contributed by atoms with Crippen molar-refractivity contribution in [1.82, 2.24) is 5.32 Å². The zero-order valence-electron chi connectivity index (χ0n) is 12.8. The van der Waals surface area contributed by atoms with E-state index in [1.54, 1.807) is 7.11 Å². The second kappa shape index (κ2) is 8.20. The SMILES string of the molecule is COc1ccccc1CCNC(=O)[C@@H](N)Cc1ccccc1. The molecule has 116 valence electrons. The average molecular weight is 298 g/mol. The summed E-state index contributed by atoms with van der Waals surface area (Å²) in [6, 6.07) is 17.1. The third kappa shape index (κ3) is 4.60. The summed E-state index contributed by atoms with van der Waals surface area (Å²) in [5.74, 6) is 0.712. The number of rotatable bonds is 7. The molecule has 3 N–H and O–H groups in total. The van der Waals surface area contributed by atoms with Crippen molar-refractivity contribution in [2.75, 3.05) is 13.7 Å². The van der Waals surface area contributed by atoms with Crippen LogP contribution in [0.25, 0.3) is 0 Å². The minimum atomic E-state index is -0.528. The van der Waals surface area contributed by atoms with Crippen LogP contribution in [0.5, 0.6) is 5.75 Å². The topological polar surface area (TPSA) is 64.3 Å². The van der Waals surface area contributed by atoms with Gasteiger partial charge in [0.05, 0.1) is 13.2 Å². The fraction of sp³-hybridized carbons (Fsp3) is 0.278. The molecule has 0 saturated heterocycles. The maximum absolute atomic E-state index is 12.0. The molecule has 0 fully saturated rings. The Kier molecular flexibility index (Phi) is 5.98. The Balaban J connectivity index is 1.80. The third-order valence-electron chi connectivity index (χ3n) is 3.52. The minimum absolute atomic E-state index is 0.126. The second-order valence-electron chi connectivity index (χ2n) is 5.15. The molecule has 22 heavy (non-hydrogen) atoms. The first-order valence-corrected chi connectivity index (χ1v) is 7.40. The lowest BCUT2D eigenvalue weighted by molar-refractivity contribution is -0.122. The Hall–Kier alpha value is -2.33. The molecule has 4 nitrogen and oxygen atoms in total. The van der Waals surface area contributed by atoms with Crippen LogP contribution in [0.3, 0.4) is 0 Å². The van der Waals surface area contributed by atoms with Crippen LogP contribution in [0.1, 0.15) is 11.1 Å². The number of nitrogens with one attached hydrogen (secondary N) is 1. The Bertz CT molecular complexity index is 599. The highest BCUT2D eigenvalue weighted by Crippen LogP contribution is 2.17. The number of methoxy groups -OCH3 is 1. The molecule has 0 aliphatic heterocycles. The molecule has 2 rings (SSSR count). The van der Waals surface area contributed by atoms with Gasteiger partial charge in [-0.15, -0.1) is 0 Å². The Labute approximate surface area is 131 Å². The van der Waals surface area contributed by atoms with E-state index in [2.05, 4.69) is 5.32 Å². The Morgan fingerprint density at radius 1 is 1.14 bits per heavy atom. The van der Waals surface area contributed by atoms with Gasteiger partial charge < -0.3 is 15.8 Å². The van der Waals surface area contributed by atoms with Crippen molar-refractivity contribution in [1.29, 1.82) is 0 Å². The standard InChI is InChI=1S/C18H22N2O2/c1-22-17-10-6-5-9-15(17)11-12-20-18(21)16(19)13-14-7-3-2-4-8-14/h2-10,16H,11-13,19H2,1H3,(H,20,21)/t16-/m0/s1. The molecule has 0 heterocycles. The normalized spacial score (nSPS) is 11.7. The number of carbonyl (C=O) groups is 1. The number of para-hydroxylation sites is 1. The second-order valence-corrected chi connectivity index (χ2v) is 5.15. The monoisotopic (exact) mass is 298 g/mol. The first-order chi connectivity index (χ1) is 10.7. The van der Waals surface area contributed by atoms with Gasteiger partial charge in [-0.2, -0.15) is 0 Å². The van der Waals surface area contributed by atoms with Gasteiger partial charge in [-0.3, -0.25) is 4.79 Å². The molecular formula is C18H22N2O2. The molecule has 0 spiro atoms. The van der Waals surface area contributed by atoms with Crippen LogP contribution in [-0.4, -0.2) is 25.6 Å².